The summed E-state index contributed by atoms with van der Waals surface area (Å²) in [5, 5.41) is 8.05. The van der Waals surface area contributed by atoms with Crippen molar-refractivity contribution in [3.63, 3.8) is 0 Å². The number of likely N-dealkylation sites (N-methyl/N-ethyl adjacent to an activating group) is 1. The van der Waals surface area contributed by atoms with E-state index in [0.717, 1.165) is 31.7 Å². The van der Waals surface area contributed by atoms with E-state index in [4.69, 9.17) is 5.73 Å². The molecular weight excluding hydrogens is 325 g/mol. The van der Waals surface area contributed by atoms with Crippen LogP contribution in [-0.2, 0) is 4.79 Å². The third-order valence-corrected chi connectivity index (χ3v) is 3.93. The number of carbonyl (C=O) groups is 1. The van der Waals surface area contributed by atoms with Crippen LogP contribution in [0.25, 0.3) is 0 Å². The molecule has 2 rings (SSSR count). The number of hydrogen-bond donors (Lipinski definition) is 1. The number of piperidine rings is 1. The van der Waals surface area contributed by atoms with Gasteiger partial charge in [0.1, 0.15) is 0 Å². The number of nitrogens with two attached hydrogens (primary N) is 1. The van der Waals surface area contributed by atoms with Crippen molar-refractivity contribution < 1.29 is 4.79 Å². The maximum atomic E-state index is 12.2. The number of nitrogens with zero attached hydrogens (tertiary/aromatic N) is 4. The first kappa shape index (κ1) is 20.9. The fourth-order valence-corrected chi connectivity index (χ4v) is 2.56. The maximum absolute atomic E-state index is 12.2. The molecule has 1 aliphatic heterocycles. The summed E-state index contributed by atoms with van der Waals surface area (Å²) in [6.07, 6.45) is 4.39. The zero-order valence-electron chi connectivity index (χ0n) is 13.0. The van der Waals surface area contributed by atoms with Gasteiger partial charge in [-0.3, -0.25) is 4.79 Å². The van der Waals surface area contributed by atoms with E-state index in [2.05, 4.69) is 15.1 Å². The lowest BCUT2D eigenvalue weighted by atomic mass is 10.0. The quantitative estimate of drug-likeness (QED) is 0.890. The predicted molar refractivity (Wildman–Crippen MR) is 92.8 cm³/mol. The highest BCUT2D eigenvalue weighted by molar-refractivity contribution is 5.85. The molecule has 1 amide bonds. The smallest absolute Gasteiger partial charge is 0.239 e. The van der Waals surface area contributed by atoms with E-state index in [9.17, 15) is 4.79 Å². The monoisotopic (exact) mass is 349 g/mol. The summed E-state index contributed by atoms with van der Waals surface area (Å²) < 4.78 is 0. The highest BCUT2D eigenvalue weighted by atomic mass is 35.5. The van der Waals surface area contributed by atoms with Gasteiger partial charge in [-0.15, -0.1) is 29.9 Å². The van der Waals surface area contributed by atoms with E-state index >= 15 is 0 Å². The highest BCUT2D eigenvalue weighted by Crippen LogP contribution is 2.20. The van der Waals surface area contributed by atoms with Gasteiger partial charge in [0.25, 0.3) is 0 Å². The Kier molecular flexibility index (Phi) is 9.32. The van der Waals surface area contributed by atoms with Gasteiger partial charge in [-0.25, -0.2) is 0 Å². The van der Waals surface area contributed by atoms with Gasteiger partial charge in [0.05, 0.1) is 6.04 Å². The summed E-state index contributed by atoms with van der Waals surface area (Å²) in [5.74, 6) is 0.899. The molecule has 2 N–H and O–H groups in total. The summed E-state index contributed by atoms with van der Waals surface area (Å²) >= 11 is 0. The van der Waals surface area contributed by atoms with Crippen LogP contribution in [0.5, 0.6) is 0 Å². The van der Waals surface area contributed by atoms with Crippen LogP contribution in [0.2, 0.25) is 0 Å². The topological polar surface area (TPSA) is 75.4 Å². The number of halogens is 2. The third kappa shape index (κ3) is 4.97. The molecule has 126 valence electrons. The van der Waals surface area contributed by atoms with E-state index in [0.29, 0.717) is 6.42 Å². The van der Waals surface area contributed by atoms with E-state index in [1.807, 2.05) is 26.1 Å². The van der Waals surface area contributed by atoms with Crippen LogP contribution in [0.4, 0.5) is 5.82 Å². The standard InChI is InChI=1S/C14H23N5O.2ClH/c1-3-12(15)14(20)18(2)11-6-5-9-19(10-11)13-7-4-8-16-17-13;;/h4,7-8,11-12H,3,5-6,9-10,15H2,1-2H3;2*1H/t11?,12-;;/m0../s1. The third-order valence-electron chi connectivity index (χ3n) is 3.93. The van der Waals surface area contributed by atoms with E-state index in [-0.39, 0.29) is 36.8 Å². The normalized spacial score (nSPS) is 18.7. The highest BCUT2D eigenvalue weighted by Gasteiger charge is 2.28. The molecule has 1 unspecified atom stereocenters. The molecule has 0 bridgehead atoms. The Morgan fingerprint density at radius 2 is 2.27 bits per heavy atom. The Balaban J connectivity index is 0.00000220. The number of aromatic nitrogens is 2. The second-order valence-electron chi connectivity index (χ2n) is 5.29. The zero-order chi connectivity index (χ0) is 14.5. The first-order valence-corrected chi connectivity index (χ1v) is 7.18. The van der Waals surface area contributed by atoms with Gasteiger partial charge in [-0.2, -0.15) is 5.10 Å². The van der Waals surface area contributed by atoms with Crippen molar-refractivity contribution in [1.82, 2.24) is 15.1 Å². The molecule has 2 atom stereocenters. The largest absolute Gasteiger partial charge is 0.353 e. The molecule has 1 aromatic heterocycles. The maximum Gasteiger partial charge on any atom is 0.239 e. The molecule has 1 aliphatic rings. The van der Waals surface area contributed by atoms with Crippen molar-refractivity contribution in [2.45, 2.75) is 38.3 Å². The van der Waals surface area contributed by atoms with E-state index in [1.165, 1.54) is 0 Å². The van der Waals surface area contributed by atoms with Crippen LogP contribution in [0.3, 0.4) is 0 Å². The summed E-state index contributed by atoms with van der Waals surface area (Å²) in [7, 11) is 1.85. The fourth-order valence-electron chi connectivity index (χ4n) is 2.56. The molecule has 1 saturated heterocycles. The second kappa shape index (κ2) is 9.82. The summed E-state index contributed by atoms with van der Waals surface area (Å²) in [6, 6.07) is 3.63. The number of hydrogen-bond acceptors (Lipinski definition) is 5. The van der Waals surface area contributed by atoms with Crippen LogP contribution < -0.4 is 10.6 Å². The lowest BCUT2D eigenvalue weighted by Crippen LogP contribution is -2.52. The average Bonchev–Trinajstić information content (AvgIpc) is 2.53. The van der Waals surface area contributed by atoms with Crippen molar-refractivity contribution in [2.75, 3.05) is 25.0 Å². The van der Waals surface area contributed by atoms with Gasteiger partial charge in [0.2, 0.25) is 5.91 Å². The van der Waals surface area contributed by atoms with Crippen molar-refractivity contribution in [3.8, 4) is 0 Å². The minimum atomic E-state index is -0.396. The molecular formula is C14H25Cl2N5O. The van der Waals surface area contributed by atoms with Gasteiger partial charge in [0, 0.05) is 32.4 Å². The Bertz CT molecular complexity index is 448. The molecule has 0 aromatic carbocycles. The Morgan fingerprint density at radius 1 is 1.55 bits per heavy atom. The van der Waals surface area contributed by atoms with Crippen LogP contribution in [-0.4, -0.2) is 53.2 Å². The van der Waals surface area contributed by atoms with Crippen molar-refractivity contribution >= 4 is 36.5 Å². The summed E-state index contributed by atoms with van der Waals surface area (Å²) in [6.45, 7) is 3.68. The lowest BCUT2D eigenvalue weighted by molar-refractivity contribution is -0.133. The Labute approximate surface area is 144 Å². The minimum absolute atomic E-state index is 0. The van der Waals surface area contributed by atoms with Gasteiger partial charge in [0.15, 0.2) is 5.82 Å². The average molecular weight is 350 g/mol. The molecule has 2 heterocycles. The van der Waals surface area contributed by atoms with Crippen LogP contribution in [0.15, 0.2) is 18.3 Å². The van der Waals surface area contributed by atoms with Gasteiger partial charge in [-0.1, -0.05) is 6.92 Å². The first-order chi connectivity index (χ1) is 9.63. The Morgan fingerprint density at radius 3 is 2.86 bits per heavy atom. The van der Waals surface area contributed by atoms with Gasteiger partial charge < -0.3 is 15.5 Å². The Hall–Kier alpha value is -1.11. The number of carbonyl (C=O) groups excluding carboxylic acids is 1. The summed E-state index contributed by atoms with van der Waals surface area (Å²) in [4.78, 5) is 16.2. The fraction of sp³-hybridized carbons (Fsp3) is 0.643. The molecule has 1 fully saturated rings. The van der Waals surface area contributed by atoms with Crippen molar-refractivity contribution in [1.29, 1.82) is 0 Å². The molecule has 8 heteroatoms. The number of amides is 1. The molecule has 22 heavy (non-hydrogen) atoms. The van der Waals surface area contributed by atoms with Crippen LogP contribution in [0.1, 0.15) is 26.2 Å². The predicted octanol–water partition coefficient (Wildman–Crippen LogP) is 1.48. The molecule has 6 nitrogen and oxygen atoms in total. The molecule has 0 radical (unpaired) electrons. The van der Waals surface area contributed by atoms with Gasteiger partial charge in [-0.05, 0) is 31.4 Å². The van der Waals surface area contributed by atoms with E-state index < -0.39 is 6.04 Å². The molecule has 0 saturated carbocycles. The second-order valence-corrected chi connectivity index (χ2v) is 5.29. The van der Waals surface area contributed by atoms with Crippen LogP contribution >= 0.6 is 24.8 Å². The van der Waals surface area contributed by atoms with Crippen molar-refractivity contribution in [2.24, 2.45) is 5.73 Å². The molecule has 0 aliphatic carbocycles. The molecule has 0 spiro atoms. The number of rotatable bonds is 4. The minimum Gasteiger partial charge on any atom is -0.353 e. The van der Waals surface area contributed by atoms with Crippen molar-refractivity contribution in [3.05, 3.63) is 18.3 Å². The number of anilines is 1. The van der Waals surface area contributed by atoms with Crippen LogP contribution in [0, 0.1) is 0 Å². The lowest BCUT2D eigenvalue weighted by Gasteiger charge is -2.38. The van der Waals surface area contributed by atoms with Gasteiger partial charge >= 0.3 is 0 Å². The zero-order valence-corrected chi connectivity index (χ0v) is 14.6. The first-order valence-electron chi connectivity index (χ1n) is 7.18. The SMILES string of the molecule is CC[C@H](N)C(=O)N(C)C1CCCN(c2cccnn2)C1.Cl.Cl. The molecule has 1 aromatic rings. The summed E-state index contributed by atoms with van der Waals surface area (Å²) in [5.41, 5.74) is 5.84. The van der Waals surface area contributed by atoms with E-state index in [1.54, 1.807) is 11.1 Å².